The zero-order valence-electron chi connectivity index (χ0n) is 12.7. The van der Waals surface area contributed by atoms with E-state index in [1.165, 1.54) is 5.56 Å². The van der Waals surface area contributed by atoms with Crippen LogP contribution in [0.5, 0.6) is 0 Å². The molecule has 0 N–H and O–H groups in total. The molecule has 0 atom stereocenters. The average Bonchev–Trinajstić information content (AvgIpc) is 3.03. The highest BCUT2D eigenvalue weighted by Crippen LogP contribution is 2.21. The van der Waals surface area contributed by atoms with Gasteiger partial charge in [0.25, 0.3) is 0 Å². The zero-order valence-corrected chi connectivity index (χ0v) is 12.7. The van der Waals surface area contributed by atoms with E-state index in [2.05, 4.69) is 4.98 Å². The Labute approximate surface area is 129 Å². The van der Waals surface area contributed by atoms with Crippen LogP contribution in [0.1, 0.15) is 17.9 Å². The van der Waals surface area contributed by atoms with Gasteiger partial charge in [-0.25, -0.2) is 4.98 Å². The number of amides is 1. The molecule has 1 saturated heterocycles. The number of nitrogens with zero attached hydrogens (tertiary/aromatic N) is 2. The van der Waals surface area contributed by atoms with E-state index in [4.69, 9.17) is 9.15 Å². The van der Waals surface area contributed by atoms with Crippen LogP contribution in [0.4, 0.5) is 0 Å². The minimum atomic E-state index is 0.137. The third-order valence-electron chi connectivity index (χ3n) is 3.81. The second kappa shape index (κ2) is 6.75. The first kappa shape index (κ1) is 14.8. The summed E-state index contributed by atoms with van der Waals surface area (Å²) in [5.41, 5.74) is 2.21. The van der Waals surface area contributed by atoms with Crippen molar-refractivity contribution in [2.45, 2.75) is 19.8 Å². The van der Waals surface area contributed by atoms with Gasteiger partial charge in [0.05, 0.1) is 19.4 Å². The molecule has 1 aliphatic rings. The SMILES string of the molecule is Cc1ccc(-c2cnc(CCC(=O)N3CCOCC3)o2)cc1. The van der Waals surface area contributed by atoms with Crippen molar-refractivity contribution in [1.82, 2.24) is 9.88 Å². The minimum Gasteiger partial charge on any atom is -0.441 e. The molecular weight excluding hydrogens is 280 g/mol. The molecule has 116 valence electrons. The van der Waals surface area contributed by atoms with Gasteiger partial charge >= 0.3 is 0 Å². The Morgan fingerprint density at radius 1 is 1.23 bits per heavy atom. The highest BCUT2D eigenvalue weighted by Gasteiger charge is 2.17. The summed E-state index contributed by atoms with van der Waals surface area (Å²) >= 11 is 0. The summed E-state index contributed by atoms with van der Waals surface area (Å²) in [6.07, 6.45) is 2.68. The van der Waals surface area contributed by atoms with Crippen LogP contribution >= 0.6 is 0 Å². The molecule has 1 aromatic heterocycles. The molecule has 0 bridgehead atoms. The molecule has 5 nitrogen and oxygen atoms in total. The maximum absolute atomic E-state index is 12.1. The largest absolute Gasteiger partial charge is 0.441 e. The van der Waals surface area contributed by atoms with E-state index in [0.29, 0.717) is 45.0 Å². The Hall–Kier alpha value is -2.14. The predicted molar refractivity (Wildman–Crippen MR) is 82.4 cm³/mol. The van der Waals surface area contributed by atoms with Gasteiger partial charge in [-0.15, -0.1) is 0 Å². The van der Waals surface area contributed by atoms with Crippen LogP contribution in [-0.4, -0.2) is 42.1 Å². The van der Waals surface area contributed by atoms with Gasteiger partial charge in [0, 0.05) is 31.5 Å². The molecule has 1 aromatic carbocycles. The third kappa shape index (κ3) is 3.54. The fourth-order valence-electron chi connectivity index (χ4n) is 2.46. The van der Waals surface area contributed by atoms with Gasteiger partial charge in [0.1, 0.15) is 0 Å². The van der Waals surface area contributed by atoms with Crippen LogP contribution in [0.2, 0.25) is 0 Å². The molecule has 1 amide bonds. The Balaban J connectivity index is 1.57. The Morgan fingerprint density at radius 2 is 1.95 bits per heavy atom. The predicted octanol–water partition coefficient (Wildman–Crippen LogP) is 2.44. The molecule has 2 aromatic rings. The molecule has 0 spiro atoms. The molecule has 0 aliphatic carbocycles. The van der Waals surface area contributed by atoms with Crippen LogP contribution in [0, 0.1) is 6.92 Å². The average molecular weight is 300 g/mol. The Bertz CT molecular complexity index is 628. The first-order valence-corrected chi connectivity index (χ1v) is 7.59. The second-order valence-electron chi connectivity index (χ2n) is 5.48. The van der Waals surface area contributed by atoms with Crippen LogP contribution in [0.15, 0.2) is 34.9 Å². The van der Waals surface area contributed by atoms with Crippen LogP contribution in [0.25, 0.3) is 11.3 Å². The number of hydrogen-bond donors (Lipinski definition) is 0. The van der Waals surface area contributed by atoms with Gasteiger partial charge in [-0.2, -0.15) is 0 Å². The standard InChI is InChI=1S/C17H20N2O3/c1-13-2-4-14(5-3-13)15-12-18-16(22-15)6-7-17(20)19-8-10-21-11-9-19/h2-5,12H,6-11H2,1H3. The third-order valence-corrected chi connectivity index (χ3v) is 3.81. The monoisotopic (exact) mass is 300 g/mol. The number of carbonyl (C=O) groups excluding carboxylic acids is 1. The van der Waals surface area contributed by atoms with Crippen molar-refractivity contribution in [3.05, 3.63) is 41.9 Å². The molecule has 1 fully saturated rings. The minimum absolute atomic E-state index is 0.137. The lowest BCUT2D eigenvalue weighted by Crippen LogP contribution is -2.40. The van der Waals surface area contributed by atoms with Crippen LogP contribution < -0.4 is 0 Å². The number of oxazole rings is 1. The van der Waals surface area contributed by atoms with Crippen LogP contribution in [0.3, 0.4) is 0 Å². The van der Waals surface area contributed by atoms with Gasteiger partial charge in [0.2, 0.25) is 5.91 Å². The van der Waals surface area contributed by atoms with E-state index in [-0.39, 0.29) is 5.91 Å². The summed E-state index contributed by atoms with van der Waals surface area (Å²) in [4.78, 5) is 18.2. The number of rotatable bonds is 4. The first-order valence-electron chi connectivity index (χ1n) is 7.59. The van der Waals surface area contributed by atoms with Crippen molar-refractivity contribution in [3.63, 3.8) is 0 Å². The van der Waals surface area contributed by atoms with E-state index in [1.54, 1.807) is 6.20 Å². The number of carbonyl (C=O) groups is 1. The van der Waals surface area contributed by atoms with Crippen molar-refractivity contribution in [2.24, 2.45) is 0 Å². The van der Waals surface area contributed by atoms with Crippen molar-refractivity contribution >= 4 is 5.91 Å². The summed E-state index contributed by atoms with van der Waals surface area (Å²) < 4.78 is 11.0. The first-order chi connectivity index (χ1) is 10.7. The summed E-state index contributed by atoms with van der Waals surface area (Å²) in [6.45, 7) is 4.66. The number of hydrogen-bond acceptors (Lipinski definition) is 4. The van der Waals surface area contributed by atoms with E-state index in [1.807, 2.05) is 36.1 Å². The molecule has 0 radical (unpaired) electrons. The molecule has 0 unspecified atom stereocenters. The number of aromatic nitrogens is 1. The fraction of sp³-hybridized carbons (Fsp3) is 0.412. The van der Waals surface area contributed by atoms with E-state index < -0.39 is 0 Å². The molecular formula is C17H20N2O3. The maximum atomic E-state index is 12.1. The molecule has 3 rings (SSSR count). The van der Waals surface area contributed by atoms with E-state index in [9.17, 15) is 4.79 Å². The highest BCUT2D eigenvalue weighted by atomic mass is 16.5. The molecule has 1 aliphatic heterocycles. The number of ether oxygens (including phenoxy) is 1. The van der Waals surface area contributed by atoms with Crippen molar-refractivity contribution in [2.75, 3.05) is 26.3 Å². The van der Waals surface area contributed by atoms with Gasteiger partial charge < -0.3 is 14.1 Å². The van der Waals surface area contributed by atoms with E-state index in [0.717, 1.165) is 11.3 Å². The summed E-state index contributed by atoms with van der Waals surface area (Å²) in [7, 11) is 0. The number of benzene rings is 1. The smallest absolute Gasteiger partial charge is 0.223 e. The quantitative estimate of drug-likeness (QED) is 0.870. The summed E-state index contributed by atoms with van der Waals surface area (Å²) in [5.74, 6) is 1.49. The van der Waals surface area contributed by atoms with Gasteiger partial charge in [-0.3, -0.25) is 4.79 Å². The van der Waals surface area contributed by atoms with Crippen LogP contribution in [-0.2, 0) is 16.0 Å². The fourth-order valence-corrected chi connectivity index (χ4v) is 2.46. The molecule has 5 heteroatoms. The molecule has 0 saturated carbocycles. The number of morpholine rings is 1. The summed E-state index contributed by atoms with van der Waals surface area (Å²) in [6, 6.07) is 8.11. The topological polar surface area (TPSA) is 55.6 Å². The Kier molecular flexibility index (Phi) is 4.53. The van der Waals surface area contributed by atoms with Gasteiger partial charge in [-0.05, 0) is 6.92 Å². The van der Waals surface area contributed by atoms with Gasteiger partial charge in [-0.1, -0.05) is 29.8 Å². The van der Waals surface area contributed by atoms with E-state index >= 15 is 0 Å². The van der Waals surface area contributed by atoms with Crippen molar-refractivity contribution in [3.8, 4) is 11.3 Å². The second-order valence-corrected chi connectivity index (χ2v) is 5.48. The normalized spacial score (nSPS) is 15.0. The summed E-state index contributed by atoms with van der Waals surface area (Å²) in [5, 5.41) is 0. The lowest BCUT2D eigenvalue weighted by molar-refractivity contribution is -0.135. The van der Waals surface area contributed by atoms with Crippen molar-refractivity contribution < 1.29 is 13.9 Å². The van der Waals surface area contributed by atoms with Gasteiger partial charge in [0.15, 0.2) is 11.7 Å². The molecule has 22 heavy (non-hydrogen) atoms. The lowest BCUT2D eigenvalue weighted by Gasteiger charge is -2.26. The highest BCUT2D eigenvalue weighted by molar-refractivity contribution is 5.76. The maximum Gasteiger partial charge on any atom is 0.223 e. The lowest BCUT2D eigenvalue weighted by atomic mass is 10.1. The zero-order chi connectivity index (χ0) is 15.4. The molecule has 2 heterocycles. The Morgan fingerprint density at radius 3 is 2.68 bits per heavy atom. The van der Waals surface area contributed by atoms with Crippen molar-refractivity contribution in [1.29, 1.82) is 0 Å². The number of aryl methyl sites for hydroxylation is 2.